The highest BCUT2D eigenvalue weighted by Crippen LogP contribution is 2.54. The summed E-state index contributed by atoms with van der Waals surface area (Å²) in [7, 11) is -6.84. The van der Waals surface area contributed by atoms with E-state index in [2.05, 4.69) is 4.18 Å². The van der Waals surface area contributed by atoms with Gasteiger partial charge in [-0.2, -0.15) is 47.9 Å². The van der Waals surface area contributed by atoms with Crippen LogP contribution in [0.25, 0.3) is 0 Å². The maximum Gasteiger partial charge on any atom is 0.460 e. The molecule has 0 atom stereocenters. The summed E-state index contributed by atoms with van der Waals surface area (Å²) in [5, 5.41) is -5.08. The molecule has 0 bridgehead atoms. The van der Waals surface area contributed by atoms with Gasteiger partial charge < -0.3 is 4.18 Å². The summed E-state index contributed by atoms with van der Waals surface area (Å²) >= 11 is 0.658. The van der Waals surface area contributed by atoms with Gasteiger partial charge in [0.1, 0.15) is 0 Å². The van der Waals surface area contributed by atoms with Crippen LogP contribution in [0.5, 0.6) is 5.75 Å². The summed E-state index contributed by atoms with van der Waals surface area (Å²) in [5.74, 6) is -15.6. The van der Waals surface area contributed by atoms with Crippen LogP contribution in [0.1, 0.15) is 0 Å². The lowest BCUT2D eigenvalue weighted by atomic mass is 10.1. The summed E-state index contributed by atoms with van der Waals surface area (Å²) < 4.78 is 138. The van der Waals surface area contributed by atoms with Gasteiger partial charge in [-0.05, 0) is 11.4 Å². The molecule has 1 rings (SSSR count). The van der Waals surface area contributed by atoms with Gasteiger partial charge in [-0.3, -0.25) is 0 Å². The highest BCUT2D eigenvalue weighted by molar-refractivity contribution is 7.88. The second-order valence-corrected chi connectivity index (χ2v) is 6.03. The Hall–Kier alpha value is -1.18. The predicted molar refractivity (Wildman–Crippen MR) is 54.8 cm³/mol. The fraction of sp³-hybridized carbons (Fsp3) is 0.500. The summed E-state index contributed by atoms with van der Waals surface area (Å²) in [6.07, 6.45) is -7.11. The normalized spacial score (nSPS) is 15.0. The summed E-state index contributed by atoms with van der Waals surface area (Å²) in [5.41, 5.74) is 0. The average molecular weight is 382 g/mol. The van der Waals surface area contributed by atoms with Gasteiger partial charge in [-0.25, -0.2) is 0 Å². The molecular formula is C8H3F9O3S2. The van der Waals surface area contributed by atoms with Crippen molar-refractivity contribution in [3.63, 3.8) is 0 Å². The van der Waals surface area contributed by atoms with Crippen molar-refractivity contribution in [1.82, 2.24) is 0 Å². The first-order valence-electron chi connectivity index (χ1n) is 4.74. The van der Waals surface area contributed by atoms with Crippen molar-refractivity contribution in [1.29, 1.82) is 0 Å². The molecule has 0 aliphatic heterocycles. The Bertz CT molecular complexity index is 618. The highest BCUT2D eigenvalue weighted by atomic mass is 32.2. The second kappa shape index (κ2) is 5.18. The Kier molecular flexibility index (Phi) is 4.44. The topological polar surface area (TPSA) is 43.4 Å². The highest BCUT2D eigenvalue weighted by Gasteiger charge is 2.86. The Balaban J connectivity index is 3.32. The van der Waals surface area contributed by atoms with E-state index in [4.69, 9.17) is 0 Å². The van der Waals surface area contributed by atoms with Crippen LogP contribution >= 0.6 is 11.3 Å². The zero-order valence-corrected chi connectivity index (χ0v) is 11.3. The van der Waals surface area contributed by atoms with Gasteiger partial charge in [0.15, 0.2) is 5.75 Å². The van der Waals surface area contributed by atoms with E-state index < -0.39 is 39.1 Å². The maximum absolute atomic E-state index is 13.2. The van der Waals surface area contributed by atoms with E-state index in [-0.39, 0.29) is 0 Å². The molecule has 1 heterocycles. The molecule has 3 nitrogen and oxygen atoms in total. The van der Waals surface area contributed by atoms with Crippen LogP contribution in [0.3, 0.4) is 0 Å². The SMILES string of the molecule is O=S(=O)(Oc1ccsc1)C(F)(F)C(F)(F)C(F)(F)C(F)(F)F. The molecule has 0 radical (unpaired) electrons. The minimum atomic E-state index is -7.31. The van der Waals surface area contributed by atoms with Gasteiger partial charge in [0, 0.05) is 5.38 Å². The van der Waals surface area contributed by atoms with Crippen molar-refractivity contribution in [2.75, 3.05) is 0 Å². The molecule has 128 valence electrons. The van der Waals surface area contributed by atoms with Gasteiger partial charge >= 0.3 is 33.4 Å². The van der Waals surface area contributed by atoms with Crippen LogP contribution in [-0.2, 0) is 10.1 Å². The number of alkyl halides is 9. The van der Waals surface area contributed by atoms with Gasteiger partial charge in [0.25, 0.3) is 0 Å². The minimum absolute atomic E-state index is 0.658. The van der Waals surface area contributed by atoms with Gasteiger partial charge in [0.2, 0.25) is 0 Å². The molecule has 14 heteroatoms. The van der Waals surface area contributed by atoms with E-state index in [1.54, 1.807) is 0 Å². The first-order valence-corrected chi connectivity index (χ1v) is 7.09. The van der Waals surface area contributed by atoms with Crippen LogP contribution in [-0.4, -0.2) is 31.7 Å². The molecule has 22 heavy (non-hydrogen) atoms. The number of thiophene rings is 1. The summed E-state index contributed by atoms with van der Waals surface area (Å²) in [6, 6.07) is 0.693. The van der Waals surface area contributed by atoms with Gasteiger partial charge in [-0.15, -0.1) is 11.3 Å². The van der Waals surface area contributed by atoms with Crippen molar-refractivity contribution in [2.24, 2.45) is 0 Å². The van der Waals surface area contributed by atoms with Crippen LogP contribution < -0.4 is 4.18 Å². The van der Waals surface area contributed by atoms with Crippen LogP contribution in [0.2, 0.25) is 0 Å². The zero-order valence-electron chi connectivity index (χ0n) is 9.67. The Morgan fingerprint density at radius 3 is 1.77 bits per heavy atom. The Morgan fingerprint density at radius 1 is 0.909 bits per heavy atom. The first-order chi connectivity index (χ1) is 9.58. The molecule has 0 unspecified atom stereocenters. The van der Waals surface area contributed by atoms with Crippen molar-refractivity contribution >= 4 is 21.5 Å². The van der Waals surface area contributed by atoms with Crippen molar-refractivity contribution in [2.45, 2.75) is 23.3 Å². The van der Waals surface area contributed by atoms with Crippen LogP contribution in [0.15, 0.2) is 16.8 Å². The fourth-order valence-electron chi connectivity index (χ4n) is 0.996. The Morgan fingerprint density at radius 2 is 1.41 bits per heavy atom. The third-order valence-electron chi connectivity index (χ3n) is 2.13. The second-order valence-electron chi connectivity index (χ2n) is 3.66. The lowest BCUT2D eigenvalue weighted by molar-refractivity contribution is -0.382. The molecule has 0 aromatic carbocycles. The third kappa shape index (κ3) is 2.73. The van der Waals surface area contributed by atoms with Crippen molar-refractivity contribution in [3.8, 4) is 5.75 Å². The van der Waals surface area contributed by atoms with Gasteiger partial charge in [0.05, 0.1) is 0 Å². The fourth-order valence-corrected chi connectivity index (χ4v) is 2.51. The lowest BCUT2D eigenvalue weighted by Gasteiger charge is -2.32. The molecule has 1 aromatic rings. The molecule has 0 aliphatic carbocycles. The molecule has 0 aliphatic rings. The average Bonchev–Trinajstić information content (AvgIpc) is 2.78. The number of hydrogen-bond acceptors (Lipinski definition) is 4. The van der Waals surface area contributed by atoms with E-state index >= 15 is 0 Å². The molecule has 0 amide bonds. The number of hydrogen-bond donors (Lipinski definition) is 0. The van der Waals surface area contributed by atoms with Crippen LogP contribution in [0, 0.1) is 0 Å². The lowest BCUT2D eigenvalue weighted by Crippen LogP contribution is -2.63. The molecule has 0 saturated heterocycles. The smallest absolute Gasteiger partial charge is 0.377 e. The quantitative estimate of drug-likeness (QED) is 0.574. The monoisotopic (exact) mass is 382 g/mol. The third-order valence-corrected chi connectivity index (χ3v) is 4.09. The Labute approximate surface area is 120 Å². The minimum Gasteiger partial charge on any atom is -0.377 e. The van der Waals surface area contributed by atoms with E-state index in [1.165, 1.54) is 0 Å². The molecule has 0 fully saturated rings. The number of rotatable bonds is 5. The van der Waals surface area contributed by atoms with Gasteiger partial charge in [-0.1, -0.05) is 0 Å². The molecule has 0 spiro atoms. The van der Waals surface area contributed by atoms with E-state index in [9.17, 15) is 47.9 Å². The molecule has 0 saturated carbocycles. The van der Waals surface area contributed by atoms with Crippen molar-refractivity contribution in [3.05, 3.63) is 16.8 Å². The number of halogens is 9. The largest absolute Gasteiger partial charge is 0.460 e. The van der Waals surface area contributed by atoms with Crippen LogP contribution in [0.4, 0.5) is 39.5 Å². The zero-order chi connectivity index (χ0) is 17.6. The van der Waals surface area contributed by atoms with E-state index in [0.29, 0.717) is 22.8 Å². The molecule has 0 N–H and O–H groups in total. The summed E-state index contributed by atoms with van der Waals surface area (Å²) in [6.45, 7) is 0. The predicted octanol–water partition coefficient (Wildman–Crippen LogP) is 3.88. The summed E-state index contributed by atoms with van der Waals surface area (Å²) in [4.78, 5) is 0. The standard InChI is InChI=1S/C8H3F9O3S2/c9-5(10,7(13,14)15)6(11,12)8(16,17)22(18,19)20-4-1-2-21-3-4/h1-3H. The molecular weight excluding hydrogens is 379 g/mol. The van der Waals surface area contributed by atoms with Crippen molar-refractivity contribution < 1.29 is 52.1 Å². The molecule has 1 aromatic heterocycles. The maximum atomic E-state index is 13.2. The van der Waals surface area contributed by atoms with E-state index in [0.717, 1.165) is 5.38 Å². The first kappa shape index (κ1) is 18.9. The van der Waals surface area contributed by atoms with E-state index in [1.807, 2.05) is 0 Å².